The number of ether oxygens (including phenoxy) is 1. The van der Waals surface area contributed by atoms with Crippen molar-refractivity contribution in [1.82, 2.24) is 5.32 Å². The summed E-state index contributed by atoms with van der Waals surface area (Å²) >= 11 is 0. The lowest BCUT2D eigenvalue weighted by Gasteiger charge is -2.27. The third-order valence-corrected chi connectivity index (χ3v) is 3.99. The third-order valence-electron chi connectivity index (χ3n) is 3.99. The molecule has 1 N–H and O–H groups in total. The van der Waals surface area contributed by atoms with E-state index in [1.165, 1.54) is 24.8 Å². The van der Waals surface area contributed by atoms with Crippen LogP contribution in [0.5, 0.6) is 0 Å². The van der Waals surface area contributed by atoms with E-state index in [4.69, 9.17) is 4.74 Å². The maximum absolute atomic E-state index is 5.73. The first kappa shape index (κ1) is 14.5. The van der Waals surface area contributed by atoms with Crippen LogP contribution in [0.1, 0.15) is 56.8 Å². The fraction of sp³-hybridized carbons (Fsp3) is 0.647. The average molecular weight is 261 g/mol. The second-order valence-corrected chi connectivity index (χ2v) is 6.18. The van der Waals surface area contributed by atoms with E-state index < -0.39 is 0 Å². The van der Waals surface area contributed by atoms with Crippen LogP contribution in [-0.2, 0) is 17.6 Å². The summed E-state index contributed by atoms with van der Waals surface area (Å²) in [5.74, 6) is 0. The molecule has 0 heterocycles. The number of benzene rings is 1. The Labute approximate surface area is 117 Å². The lowest BCUT2D eigenvalue weighted by molar-refractivity contribution is -0.0103. The van der Waals surface area contributed by atoms with Gasteiger partial charge in [-0.25, -0.2) is 0 Å². The summed E-state index contributed by atoms with van der Waals surface area (Å²) in [5, 5.41) is 3.59. The maximum atomic E-state index is 5.73. The van der Waals surface area contributed by atoms with Crippen molar-refractivity contribution in [2.75, 3.05) is 13.2 Å². The van der Waals surface area contributed by atoms with Crippen molar-refractivity contribution in [3.63, 3.8) is 0 Å². The molecule has 0 aliphatic heterocycles. The minimum atomic E-state index is -0.0975. The highest BCUT2D eigenvalue weighted by Gasteiger charge is 2.19. The van der Waals surface area contributed by atoms with Crippen LogP contribution >= 0.6 is 0 Å². The van der Waals surface area contributed by atoms with E-state index in [1.807, 2.05) is 6.92 Å². The number of hydrogen-bond acceptors (Lipinski definition) is 2. The van der Waals surface area contributed by atoms with Gasteiger partial charge in [0.05, 0.1) is 5.60 Å². The topological polar surface area (TPSA) is 21.3 Å². The lowest BCUT2D eigenvalue weighted by Crippen LogP contribution is -2.38. The minimum absolute atomic E-state index is 0.0975. The molecule has 0 aromatic heterocycles. The van der Waals surface area contributed by atoms with Crippen LogP contribution in [0.2, 0.25) is 0 Å². The number of nitrogens with one attached hydrogen (secondary N) is 1. The number of aryl methyl sites for hydroxylation is 2. The molecule has 1 aliphatic rings. The van der Waals surface area contributed by atoms with Crippen molar-refractivity contribution in [1.29, 1.82) is 0 Å². The Morgan fingerprint density at radius 3 is 2.74 bits per heavy atom. The minimum Gasteiger partial charge on any atom is -0.375 e. The van der Waals surface area contributed by atoms with Gasteiger partial charge in [0.2, 0.25) is 0 Å². The Kier molecular flexibility index (Phi) is 4.64. The second-order valence-electron chi connectivity index (χ2n) is 6.18. The molecule has 0 amide bonds. The highest BCUT2D eigenvalue weighted by atomic mass is 16.5. The number of fused-ring (bicyclic) bond motifs is 1. The summed E-state index contributed by atoms with van der Waals surface area (Å²) < 4.78 is 5.73. The van der Waals surface area contributed by atoms with Crippen molar-refractivity contribution >= 4 is 0 Å². The molecule has 2 nitrogen and oxygen atoms in total. The van der Waals surface area contributed by atoms with E-state index in [2.05, 4.69) is 44.3 Å². The molecule has 0 spiro atoms. The Morgan fingerprint density at radius 1 is 1.26 bits per heavy atom. The van der Waals surface area contributed by atoms with Gasteiger partial charge in [-0.1, -0.05) is 18.2 Å². The molecule has 1 aromatic carbocycles. The van der Waals surface area contributed by atoms with Crippen LogP contribution in [0.4, 0.5) is 0 Å². The molecule has 0 bridgehead atoms. The van der Waals surface area contributed by atoms with E-state index in [1.54, 1.807) is 11.1 Å². The highest BCUT2D eigenvalue weighted by molar-refractivity contribution is 5.36. The lowest BCUT2D eigenvalue weighted by atomic mass is 10.0. The zero-order chi connectivity index (χ0) is 13.9. The highest BCUT2D eigenvalue weighted by Crippen LogP contribution is 2.25. The van der Waals surface area contributed by atoms with Gasteiger partial charge in [0.15, 0.2) is 0 Å². The molecular formula is C17H27NO. The molecule has 0 saturated heterocycles. The van der Waals surface area contributed by atoms with Crippen LogP contribution in [0.3, 0.4) is 0 Å². The van der Waals surface area contributed by atoms with Gasteiger partial charge in [0.25, 0.3) is 0 Å². The summed E-state index contributed by atoms with van der Waals surface area (Å²) in [5.41, 5.74) is 4.40. The largest absolute Gasteiger partial charge is 0.375 e. The van der Waals surface area contributed by atoms with Gasteiger partial charge in [0, 0.05) is 19.2 Å². The molecule has 2 rings (SSSR count). The number of rotatable bonds is 6. The van der Waals surface area contributed by atoms with Gasteiger partial charge in [-0.2, -0.15) is 0 Å². The molecule has 0 fully saturated rings. The standard InChI is InChI=1S/C17H27NO/c1-5-19-17(3,4)12-18-13(2)15-10-9-14-7-6-8-16(14)11-15/h9-11,13,18H,5-8,12H2,1-4H3. The van der Waals surface area contributed by atoms with E-state index in [0.717, 1.165) is 13.2 Å². The molecule has 2 heteroatoms. The number of hydrogen-bond donors (Lipinski definition) is 1. The first-order valence-electron chi connectivity index (χ1n) is 7.51. The molecule has 106 valence electrons. The van der Waals surface area contributed by atoms with Crippen molar-refractivity contribution < 1.29 is 4.74 Å². The fourth-order valence-corrected chi connectivity index (χ4v) is 2.82. The predicted molar refractivity (Wildman–Crippen MR) is 80.6 cm³/mol. The van der Waals surface area contributed by atoms with Gasteiger partial charge < -0.3 is 10.1 Å². The Hall–Kier alpha value is -0.860. The molecule has 1 aliphatic carbocycles. The zero-order valence-corrected chi connectivity index (χ0v) is 12.8. The molecule has 1 aromatic rings. The normalized spacial score (nSPS) is 16.4. The summed E-state index contributed by atoms with van der Waals surface area (Å²) in [6.45, 7) is 10.2. The zero-order valence-electron chi connectivity index (χ0n) is 12.8. The third kappa shape index (κ3) is 3.80. The van der Waals surface area contributed by atoms with Crippen LogP contribution < -0.4 is 5.32 Å². The Balaban J connectivity index is 1.95. The Bertz CT molecular complexity index is 425. The van der Waals surface area contributed by atoms with Crippen molar-refractivity contribution in [3.05, 3.63) is 34.9 Å². The van der Waals surface area contributed by atoms with Crippen molar-refractivity contribution in [3.8, 4) is 0 Å². The molecular weight excluding hydrogens is 234 g/mol. The molecule has 1 atom stereocenters. The summed E-state index contributed by atoms with van der Waals surface area (Å²) in [6.07, 6.45) is 3.83. The first-order valence-corrected chi connectivity index (χ1v) is 7.51. The fourth-order valence-electron chi connectivity index (χ4n) is 2.82. The SMILES string of the molecule is CCOC(C)(C)CNC(C)c1ccc2c(c1)CCC2. The van der Waals surface area contributed by atoms with Crippen LogP contribution in [0, 0.1) is 0 Å². The predicted octanol–water partition coefficient (Wildman–Crippen LogP) is 3.64. The first-order chi connectivity index (χ1) is 9.02. The van der Waals surface area contributed by atoms with E-state index in [-0.39, 0.29) is 5.60 Å². The maximum Gasteiger partial charge on any atom is 0.0750 e. The van der Waals surface area contributed by atoms with Gasteiger partial charge in [-0.05, 0) is 63.6 Å². The van der Waals surface area contributed by atoms with Crippen LogP contribution in [0.25, 0.3) is 0 Å². The van der Waals surface area contributed by atoms with E-state index in [9.17, 15) is 0 Å². The molecule has 0 saturated carbocycles. The molecule has 19 heavy (non-hydrogen) atoms. The van der Waals surface area contributed by atoms with Gasteiger partial charge in [0.1, 0.15) is 0 Å². The van der Waals surface area contributed by atoms with Crippen LogP contribution in [-0.4, -0.2) is 18.8 Å². The van der Waals surface area contributed by atoms with Gasteiger partial charge >= 0.3 is 0 Å². The Morgan fingerprint density at radius 2 is 2.00 bits per heavy atom. The van der Waals surface area contributed by atoms with E-state index >= 15 is 0 Å². The second kappa shape index (κ2) is 6.06. The quantitative estimate of drug-likeness (QED) is 0.844. The van der Waals surface area contributed by atoms with Crippen molar-refractivity contribution in [2.24, 2.45) is 0 Å². The van der Waals surface area contributed by atoms with E-state index in [0.29, 0.717) is 6.04 Å². The summed E-state index contributed by atoms with van der Waals surface area (Å²) in [6, 6.07) is 7.35. The van der Waals surface area contributed by atoms with Crippen LogP contribution in [0.15, 0.2) is 18.2 Å². The van der Waals surface area contributed by atoms with Crippen molar-refractivity contribution in [2.45, 2.75) is 58.6 Å². The molecule has 1 unspecified atom stereocenters. The summed E-state index contributed by atoms with van der Waals surface area (Å²) in [7, 11) is 0. The smallest absolute Gasteiger partial charge is 0.0750 e. The summed E-state index contributed by atoms with van der Waals surface area (Å²) in [4.78, 5) is 0. The average Bonchev–Trinajstić information content (AvgIpc) is 2.83. The molecule has 0 radical (unpaired) electrons. The van der Waals surface area contributed by atoms with Gasteiger partial charge in [-0.3, -0.25) is 0 Å². The monoisotopic (exact) mass is 261 g/mol. The van der Waals surface area contributed by atoms with Gasteiger partial charge in [-0.15, -0.1) is 0 Å².